The Bertz CT molecular complexity index is 984. The Morgan fingerprint density at radius 1 is 1.04 bits per heavy atom. The molecule has 0 unspecified atom stereocenters. The fraction of sp³-hybridized carbons (Fsp3) is 0.200. The summed E-state index contributed by atoms with van der Waals surface area (Å²) in [4.78, 5) is 17.6. The number of rotatable bonds is 9. The molecule has 1 N–H and O–H groups in total. The van der Waals surface area contributed by atoms with Crippen LogP contribution in [0.15, 0.2) is 71.2 Å². The van der Waals surface area contributed by atoms with Crippen molar-refractivity contribution < 1.29 is 13.2 Å². The maximum absolute atomic E-state index is 12.6. The Kier molecular flexibility index (Phi) is 6.49. The molecule has 3 aromatic rings. The zero-order valence-corrected chi connectivity index (χ0v) is 16.3. The molecule has 0 saturated carbocycles. The van der Waals surface area contributed by atoms with Gasteiger partial charge in [0.15, 0.2) is 0 Å². The Hall–Kier alpha value is -2.35. The van der Waals surface area contributed by atoms with Crippen molar-refractivity contribution in [3.8, 4) is 0 Å². The molecule has 0 aliphatic heterocycles. The van der Waals surface area contributed by atoms with Gasteiger partial charge in [-0.2, -0.15) is 0 Å². The molecule has 0 atom stereocenters. The number of ketones is 1. The smallest absolute Gasteiger partial charge is 0.240 e. The van der Waals surface area contributed by atoms with E-state index < -0.39 is 10.0 Å². The zero-order chi connectivity index (χ0) is 19.1. The summed E-state index contributed by atoms with van der Waals surface area (Å²) in [6.07, 6.45) is 5.44. The molecule has 3 rings (SSSR count). The average molecular weight is 401 g/mol. The van der Waals surface area contributed by atoms with E-state index in [0.29, 0.717) is 18.5 Å². The van der Waals surface area contributed by atoms with Crippen LogP contribution in [0.2, 0.25) is 0 Å². The molecule has 2 heterocycles. The van der Waals surface area contributed by atoms with Gasteiger partial charge < -0.3 is 0 Å². The molecular weight excluding hydrogens is 380 g/mol. The van der Waals surface area contributed by atoms with Gasteiger partial charge in [0, 0.05) is 24.5 Å². The second-order valence-electron chi connectivity index (χ2n) is 6.01. The first-order chi connectivity index (χ1) is 13.1. The van der Waals surface area contributed by atoms with Crippen molar-refractivity contribution in [1.29, 1.82) is 0 Å². The molecule has 0 bridgehead atoms. The van der Waals surface area contributed by atoms with Crippen LogP contribution in [0, 0.1) is 0 Å². The number of aryl methyl sites for hydroxylation is 1. The first-order valence-corrected chi connectivity index (χ1v) is 11.0. The van der Waals surface area contributed by atoms with Gasteiger partial charge in [-0.1, -0.05) is 18.2 Å². The van der Waals surface area contributed by atoms with Gasteiger partial charge in [0.1, 0.15) is 0 Å². The van der Waals surface area contributed by atoms with Crippen molar-refractivity contribution in [2.24, 2.45) is 0 Å². The molecule has 0 radical (unpaired) electrons. The van der Waals surface area contributed by atoms with E-state index in [0.717, 1.165) is 23.3 Å². The number of hydrogen-bond donors (Lipinski definition) is 1. The molecule has 0 aliphatic carbocycles. The van der Waals surface area contributed by atoms with Crippen LogP contribution in [0.1, 0.15) is 33.6 Å². The fourth-order valence-electron chi connectivity index (χ4n) is 2.69. The molecule has 0 aliphatic rings. The Morgan fingerprint density at radius 2 is 1.85 bits per heavy atom. The van der Waals surface area contributed by atoms with Crippen LogP contribution in [0.5, 0.6) is 0 Å². The second kappa shape index (κ2) is 9.03. The molecular formula is C20H20N2O3S2. The number of hydrogen-bond acceptors (Lipinski definition) is 5. The number of aromatic nitrogens is 1. The molecule has 0 fully saturated rings. The maximum Gasteiger partial charge on any atom is 0.240 e. The average Bonchev–Trinajstić information content (AvgIpc) is 3.17. The highest BCUT2D eigenvalue weighted by Gasteiger charge is 2.15. The van der Waals surface area contributed by atoms with Crippen LogP contribution in [-0.4, -0.2) is 25.7 Å². The highest BCUT2D eigenvalue weighted by Crippen LogP contribution is 2.22. The molecule has 140 valence electrons. The second-order valence-corrected chi connectivity index (χ2v) is 8.70. The fourth-order valence-corrected chi connectivity index (χ4v) is 4.70. The highest BCUT2D eigenvalue weighted by molar-refractivity contribution is 7.89. The molecule has 0 amide bonds. The van der Waals surface area contributed by atoms with E-state index in [-0.39, 0.29) is 10.7 Å². The van der Waals surface area contributed by atoms with Gasteiger partial charge in [-0.05, 0) is 60.5 Å². The third kappa shape index (κ3) is 5.09. The van der Waals surface area contributed by atoms with Gasteiger partial charge in [0.05, 0.1) is 9.77 Å². The molecule has 2 aromatic heterocycles. The number of benzene rings is 1. The van der Waals surface area contributed by atoms with Gasteiger partial charge in [-0.3, -0.25) is 9.78 Å². The third-order valence-corrected chi connectivity index (χ3v) is 6.53. The van der Waals surface area contributed by atoms with Crippen molar-refractivity contribution >= 4 is 27.1 Å². The molecule has 0 saturated heterocycles. The maximum atomic E-state index is 12.6. The lowest BCUT2D eigenvalue weighted by atomic mass is 10.0. The standard InChI is InChI=1S/C20H20N2O3S2/c23-19(17-8-6-12-21-15-17)20-16(11-14-26-20)7-4-5-13-22-27(24,25)18-9-2-1-3-10-18/h1-3,6,8-12,14-15,22H,4-5,7,13H2. The third-order valence-electron chi connectivity index (χ3n) is 4.10. The van der Waals surface area contributed by atoms with Crippen molar-refractivity contribution in [3.63, 3.8) is 0 Å². The lowest BCUT2D eigenvalue weighted by Crippen LogP contribution is -2.24. The summed E-state index contributed by atoms with van der Waals surface area (Å²) < 4.78 is 26.9. The van der Waals surface area contributed by atoms with Gasteiger partial charge in [0.25, 0.3) is 0 Å². The number of carbonyl (C=O) groups excluding carboxylic acids is 1. The van der Waals surface area contributed by atoms with Crippen LogP contribution >= 0.6 is 11.3 Å². The Morgan fingerprint density at radius 3 is 2.59 bits per heavy atom. The van der Waals surface area contributed by atoms with Gasteiger partial charge in [-0.15, -0.1) is 11.3 Å². The summed E-state index contributed by atoms with van der Waals surface area (Å²) in [5.41, 5.74) is 1.58. The molecule has 1 aromatic carbocycles. The first-order valence-electron chi connectivity index (χ1n) is 8.64. The first kappa shape index (κ1) is 19.4. The lowest BCUT2D eigenvalue weighted by Gasteiger charge is -2.07. The summed E-state index contributed by atoms with van der Waals surface area (Å²) in [6.45, 7) is 0.368. The molecule has 7 heteroatoms. The molecule has 0 spiro atoms. The minimum atomic E-state index is -3.46. The lowest BCUT2D eigenvalue weighted by molar-refractivity contribution is 0.104. The Balaban J connectivity index is 1.51. The van der Waals surface area contributed by atoms with Crippen LogP contribution in [0.3, 0.4) is 0 Å². The number of thiophene rings is 1. The zero-order valence-electron chi connectivity index (χ0n) is 14.7. The predicted octanol–water partition coefficient (Wildman–Crippen LogP) is 3.68. The number of nitrogens with zero attached hydrogens (tertiary/aromatic N) is 1. The summed E-state index contributed by atoms with van der Waals surface area (Å²) in [5.74, 6) is -0.0159. The van der Waals surface area contributed by atoms with Crippen LogP contribution in [0.25, 0.3) is 0 Å². The molecule has 27 heavy (non-hydrogen) atoms. The van der Waals surface area contributed by atoms with E-state index in [4.69, 9.17) is 0 Å². The number of unbranched alkanes of at least 4 members (excludes halogenated alkanes) is 1. The van der Waals surface area contributed by atoms with Crippen LogP contribution in [0.4, 0.5) is 0 Å². The topological polar surface area (TPSA) is 76.1 Å². The number of pyridine rings is 1. The normalized spacial score (nSPS) is 11.4. The van der Waals surface area contributed by atoms with Gasteiger partial charge in [-0.25, -0.2) is 13.1 Å². The van der Waals surface area contributed by atoms with Gasteiger partial charge >= 0.3 is 0 Å². The highest BCUT2D eigenvalue weighted by atomic mass is 32.2. The number of sulfonamides is 1. The predicted molar refractivity (Wildman–Crippen MR) is 107 cm³/mol. The van der Waals surface area contributed by atoms with Crippen molar-refractivity contribution in [1.82, 2.24) is 9.71 Å². The largest absolute Gasteiger partial charge is 0.288 e. The summed E-state index contributed by atoms with van der Waals surface area (Å²) in [5, 5.41) is 1.91. The van der Waals surface area contributed by atoms with E-state index in [1.165, 1.54) is 11.3 Å². The van der Waals surface area contributed by atoms with E-state index in [2.05, 4.69) is 9.71 Å². The number of nitrogens with one attached hydrogen (secondary N) is 1. The minimum Gasteiger partial charge on any atom is -0.288 e. The van der Waals surface area contributed by atoms with E-state index in [1.54, 1.807) is 54.9 Å². The Labute approximate surface area is 163 Å². The van der Waals surface area contributed by atoms with E-state index in [1.807, 2.05) is 11.4 Å². The van der Waals surface area contributed by atoms with Crippen molar-refractivity contribution in [2.75, 3.05) is 6.54 Å². The minimum absolute atomic E-state index is 0.0159. The van der Waals surface area contributed by atoms with E-state index in [9.17, 15) is 13.2 Å². The SMILES string of the molecule is O=C(c1cccnc1)c1sccc1CCCCNS(=O)(=O)c1ccccc1. The quantitative estimate of drug-likeness (QED) is 0.439. The van der Waals surface area contributed by atoms with Crippen molar-refractivity contribution in [3.05, 3.63) is 82.3 Å². The molecule has 5 nitrogen and oxygen atoms in total. The summed E-state index contributed by atoms with van der Waals surface area (Å²) >= 11 is 1.43. The van der Waals surface area contributed by atoms with Crippen LogP contribution in [-0.2, 0) is 16.4 Å². The van der Waals surface area contributed by atoms with Gasteiger partial charge in [0.2, 0.25) is 15.8 Å². The van der Waals surface area contributed by atoms with Crippen molar-refractivity contribution in [2.45, 2.75) is 24.2 Å². The summed E-state index contributed by atoms with van der Waals surface area (Å²) in [6, 6.07) is 13.8. The van der Waals surface area contributed by atoms with E-state index >= 15 is 0 Å². The monoisotopic (exact) mass is 400 g/mol. The van der Waals surface area contributed by atoms with Crippen LogP contribution < -0.4 is 4.72 Å². The number of carbonyl (C=O) groups is 1. The summed E-state index contributed by atoms with van der Waals surface area (Å²) in [7, 11) is -3.46.